The second-order valence-electron chi connectivity index (χ2n) is 7.01. The fourth-order valence-electron chi connectivity index (χ4n) is 2.96. The summed E-state index contributed by atoms with van der Waals surface area (Å²) in [6, 6.07) is 22.5. The highest BCUT2D eigenvalue weighted by atomic mass is 35.5. The van der Waals surface area contributed by atoms with Crippen molar-refractivity contribution < 1.29 is 13.2 Å². The third-order valence-electron chi connectivity index (χ3n) is 4.61. The van der Waals surface area contributed by atoms with Gasteiger partial charge in [0.2, 0.25) is 0 Å². The van der Waals surface area contributed by atoms with Gasteiger partial charge in [0, 0.05) is 11.6 Å². The zero-order valence-electron chi connectivity index (χ0n) is 16.5. The van der Waals surface area contributed by atoms with E-state index in [-0.39, 0.29) is 28.1 Å². The molecule has 0 radical (unpaired) electrons. The van der Waals surface area contributed by atoms with E-state index in [1.54, 1.807) is 36.4 Å². The molecule has 0 saturated carbocycles. The van der Waals surface area contributed by atoms with Crippen molar-refractivity contribution in [1.29, 1.82) is 0 Å². The Hall–Kier alpha value is -2.83. The van der Waals surface area contributed by atoms with Gasteiger partial charge in [-0.3, -0.25) is 9.52 Å². The van der Waals surface area contributed by atoms with Gasteiger partial charge < -0.3 is 5.32 Å². The molecule has 0 aliphatic rings. The fraction of sp³-hybridized carbons (Fsp3) is 0.174. The summed E-state index contributed by atoms with van der Waals surface area (Å²) in [7, 11) is -3.88. The van der Waals surface area contributed by atoms with Crippen LogP contribution in [0.15, 0.2) is 83.8 Å². The minimum Gasteiger partial charge on any atom is -0.350 e. The topological polar surface area (TPSA) is 75.3 Å². The third kappa shape index (κ3) is 5.84. The zero-order chi connectivity index (χ0) is 21.6. The molecule has 1 amide bonds. The van der Waals surface area contributed by atoms with E-state index in [0.29, 0.717) is 5.02 Å². The summed E-state index contributed by atoms with van der Waals surface area (Å²) < 4.78 is 27.9. The summed E-state index contributed by atoms with van der Waals surface area (Å²) in [5, 5.41) is 3.22. The number of sulfonamides is 1. The standard InChI is InChI=1S/C23H23ClN2O3S/c1-17(14-15-18-8-3-2-4-9-18)25-23(27)19-10-7-11-20(16-19)30(28,29)26-22-13-6-5-12-21(22)24/h2-13,16-17,26H,14-15H2,1H3,(H,25,27). The molecular formula is C23H23ClN2O3S. The number of nitrogens with one attached hydrogen (secondary N) is 2. The SMILES string of the molecule is CC(CCc1ccccc1)NC(=O)c1cccc(S(=O)(=O)Nc2ccccc2Cl)c1. The van der Waals surface area contributed by atoms with E-state index in [1.165, 1.54) is 17.7 Å². The van der Waals surface area contributed by atoms with Crippen LogP contribution in [0, 0.1) is 0 Å². The maximum absolute atomic E-state index is 12.7. The average molecular weight is 443 g/mol. The normalized spacial score (nSPS) is 12.2. The molecule has 0 aliphatic carbocycles. The molecule has 0 aromatic heterocycles. The highest BCUT2D eigenvalue weighted by Gasteiger charge is 2.18. The molecule has 2 N–H and O–H groups in total. The van der Waals surface area contributed by atoms with E-state index >= 15 is 0 Å². The van der Waals surface area contributed by atoms with Crippen LogP contribution < -0.4 is 10.0 Å². The van der Waals surface area contributed by atoms with Crippen LogP contribution in [0.25, 0.3) is 0 Å². The Bertz CT molecular complexity index is 1120. The molecule has 156 valence electrons. The van der Waals surface area contributed by atoms with Gasteiger partial charge in [0.15, 0.2) is 0 Å². The maximum Gasteiger partial charge on any atom is 0.261 e. The van der Waals surface area contributed by atoms with E-state index in [0.717, 1.165) is 12.8 Å². The molecule has 0 fully saturated rings. The highest BCUT2D eigenvalue weighted by Crippen LogP contribution is 2.24. The van der Waals surface area contributed by atoms with Gasteiger partial charge in [0.05, 0.1) is 15.6 Å². The first-order valence-electron chi connectivity index (χ1n) is 9.57. The molecule has 0 spiro atoms. The summed E-state index contributed by atoms with van der Waals surface area (Å²) in [6.07, 6.45) is 1.63. The lowest BCUT2D eigenvalue weighted by molar-refractivity contribution is 0.0938. The van der Waals surface area contributed by atoms with Gasteiger partial charge in [0.25, 0.3) is 15.9 Å². The van der Waals surface area contributed by atoms with Gasteiger partial charge in [-0.15, -0.1) is 0 Å². The number of carbonyl (C=O) groups is 1. The second-order valence-corrected chi connectivity index (χ2v) is 9.10. The number of amides is 1. The third-order valence-corrected chi connectivity index (χ3v) is 6.30. The van der Waals surface area contributed by atoms with Gasteiger partial charge in [-0.2, -0.15) is 0 Å². The minimum atomic E-state index is -3.88. The van der Waals surface area contributed by atoms with Crippen LogP contribution in [-0.4, -0.2) is 20.4 Å². The van der Waals surface area contributed by atoms with Crippen molar-refractivity contribution in [2.24, 2.45) is 0 Å². The van der Waals surface area contributed by atoms with E-state index in [2.05, 4.69) is 22.2 Å². The Morgan fingerprint density at radius 3 is 2.40 bits per heavy atom. The van der Waals surface area contributed by atoms with Crippen LogP contribution in [-0.2, 0) is 16.4 Å². The van der Waals surface area contributed by atoms with Gasteiger partial charge in [-0.05, 0) is 55.7 Å². The molecule has 7 heteroatoms. The van der Waals surface area contributed by atoms with Crippen molar-refractivity contribution in [3.05, 3.63) is 95.0 Å². The van der Waals surface area contributed by atoms with Crippen molar-refractivity contribution in [3.63, 3.8) is 0 Å². The number of halogens is 1. The molecule has 3 aromatic carbocycles. The molecule has 1 atom stereocenters. The number of carbonyl (C=O) groups excluding carboxylic acids is 1. The molecular weight excluding hydrogens is 420 g/mol. The number of rotatable bonds is 8. The molecule has 0 saturated heterocycles. The predicted octanol–water partition coefficient (Wildman–Crippen LogP) is 4.89. The lowest BCUT2D eigenvalue weighted by atomic mass is 10.1. The first-order valence-corrected chi connectivity index (χ1v) is 11.4. The fourth-order valence-corrected chi connectivity index (χ4v) is 4.32. The summed E-state index contributed by atoms with van der Waals surface area (Å²) in [5.41, 5.74) is 1.77. The van der Waals surface area contributed by atoms with Gasteiger partial charge in [0.1, 0.15) is 0 Å². The quantitative estimate of drug-likeness (QED) is 0.521. The second kappa shape index (κ2) is 9.78. The summed E-state index contributed by atoms with van der Waals surface area (Å²) in [5.74, 6) is -0.314. The van der Waals surface area contributed by atoms with Crippen LogP contribution in [0.4, 0.5) is 5.69 Å². The molecule has 0 bridgehead atoms. The predicted molar refractivity (Wildman–Crippen MR) is 120 cm³/mol. The van der Waals surface area contributed by atoms with E-state index < -0.39 is 10.0 Å². The summed E-state index contributed by atoms with van der Waals surface area (Å²) >= 11 is 6.04. The number of hydrogen-bond acceptors (Lipinski definition) is 3. The number of benzene rings is 3. The Balaban J connectivity index is 1.66. The van der Waals surface area contributed by atoms with Crippen molar-refractivity contribution in [2.45, 2.75) is 30.7 Å². The van der Waals surface area contributed by atoms with Crippen LogP contribution in [0.2, 0.25) is 5.02 Å². The number of anilines is 1. The van der Waals surface area contributed by atoms with E-state index in [4.69, 9.17) is 11.6 Å². The van der Waals surface area contributed by atoms with Crippen LogP contribution in [0.5, 0.6) is 0 Å². The molecule has 0 aliphatic heterocycles. The van der Waals surface area contributed by atoms with Gasteiger partial charge >= 0.3 is 0 Å². The molecule has 0 heterocycles. The van der Waals surface area contributed by atoms with Crippen molar-refractivity contribution in [2.75, 3.05) is 4.72 Å². The largest absolute Gasteiger partial charge is 0.350 e. The van der Waals surface area contributed by atoms with E-state index in [9.17, 15) is 13.2 Å². The number of para-hydroxylation sites is 1. The van der Waals surface area contributed by atoms with Crippen LogP contribution in [0.3, 0.4) is 0 Å². The van der Waals surface area contributed by atoms with Crippen molar-refractivity contribution in [3.8, 4) is 0 Å². The molecule has 1 unspecified atom stereocenters. The van der Waals surface area contributed by atoms with Crippen molar-refractivity contribution >= 4 is 33.2 Å². The molecule has 30 heavy (non-hydrogen) atoms. The number of aryl methyl sites for hydroxylation is 1. The Morgan fingerprint density at radius 2 is 1.67 bits per heavy atom. The molecule has 3 rings (SSSR count). The van der Waals surface area contributed by atoms with E-state index in [1.807, 2.05) is 25.1 Å². The molecule has 3 aromatic rings. The lowest BCUT2D eigenvalue weighted by Crippen LogP contribution is -2.33. The monoisotopic (exact) mass is 442 g/mol. The minimum absolute atomic E-state index is 0.00740. The van der Waals surface area contributed by atoms with Crippen LogP contribution in [0.1, 0.15) is 29.3 Å². The Kier molecular flexibility index (Phi) is 7.13. The van der Waals surface area contributed by atoms with Gasteiger partial charge in [-0.1, -0.05) is 60.1 Å². The lowest BCUT2D eigenvalue weighted by Gasteiger charge is -2.15. The van der Waals surface area contributed by atoms with Crippen molar-refractivity contribution in [1.82, 2.24) is 5.32 Å². The molecule has 5 nitrogen and oxygen atoms in total. The smallest absolute Gasteiger partial charge is 0.261 e. The average Bonchev–Trinajstić information content (AvgIpc) is 2.74. The maximum atomic E-state index is 12.7. The summed E-state index contributed by atoms with van der Waals surface area (Å²) in [4.78, 5) is 12.6. The summed E-state index contributed by atoms with van der Waals surface area (Å²) in [6.45, 7) is 1.93. The number of hydrogen-bond donors (Lipinski definition) is 2. The Morgan fingerprint density at radius 1 is 0.967 bits per heavy atom. The van der Waals surface area contributed by atoms with Gasteiger partial charge in [-0.25, -0.2) is 8.42 Å². The first-order chi connectivity index (χ1) is 14.3. The first kappa shape index (κ1) is 21.9. The van der Waals surface area contributed by atoms with Crippen LogP contribution >= 0.6 is 11.6 Å². The Labute approximate surface area is 182 Å². The zero-order valence-corrected chi connectivity index (χ0v) is 18.1. The highest BCUT2D eigenvalue weighted by molar-refractivity contribution is 7.92.